The summed E-state index contributed by atoms with van der Waals surface area (Å²) in [5.41, 5.74) is 1.28. The Labute approximate surface area is 164 Å². The van der Waals surface area contributed by atoms with E-state index >= 15 is 0 Å². The molecule has 1 spiro atoms. The van der Waals surface area contributed by atoms with Crippen LogP contribution in [-0.2, 0) is 9.53 Å². The van der Waals surface area contributed by atoms with Crippen molar-refractivity contribution in [1.29, 1.82) is 0 Å². The summed E-state index contributed by atoms with van der Waals surface area (Å²) in [6, 6.07) is 4.90. The highest BCUT2D eigenvalue weighted by atomic mass is 19.1. The predicted molar refractivity (Wildman–Crippen MR) is 106 cm³/mol. The summed E-state index contributed by atoms with van der Waals surface area (Å²) in [5, 5.41) is 0.464. The third-order valence-corrected chi connectivity index (χ3v) is 5.54. The number of aromatic nitrogens is 2. The minimum absolute atomic E-state index is 0.0500. The monoisotopic (exact) mass is 384 g/mol. The van der Waals surface area contributed by atoms with Crippen molar-refractivity contribution in [2.75, 3.05) is 37.7 Å². The third kappa shape index (κ3) is 3.58. The average Bonchev–Trinajstić information content (AvgIpc) is 2.68. The summed E-state index contributed by atoms with van der Waals surface area (Å²) in [4.78, 5) is 25.0. The zero-order chi connectivity index (χ0) is 19.7. The van der Waals surface area contributed by atoms with Gasteiger partial charge in [0.25, 0.3) is 0 Å². The number of halogens is 1. The molecule has 1 aromatic carbocycles. The molecule has 7 heteroatoms. The fraction of sp³-hybridized carbons (Fsp3) is 0.476. The van der Waals surface area contributed by atoms with Crippen LogP contribution in [0, 0.1) is 5.82 Å². The quantitative estimate of drug-likeness (QED) is 0.745. The summed E-state index contributed by atoms with van der Waals surface area (Å²) in [6.45, 7) is 7.03. The highest BCUT2D eigenvalue weighted by Crippen LogP contribution is 2.34. The van der Waals surface area contributed by atoms with Crippen molar-refractivity contribution >= 4 is 22.6 Å². The second-order valence-corrected chi connectivity index (χ2v) is 7.83. The second-order valence-electron chi connectivity index (χ2n) is 7.83. The number of rotatable bonds is 2. The number of hydrogen-bond acceptors (Lipinski definition) is 5. The molecule has 4 rings (SSSR count). The van der Waals surface area contributed by atoms with Gasteiger partial charge >= 0.3 is 0 Å². The normalized spacial score (nSPS) is 19.1. The molecule has 28 heavy (non-hydrogen) atoms. The Morgan fingerprint density at radius 2 is 2.00 bits per heavy atom. The zero-order valence-corrected chi connectivity index (χ0v) is 16.3. The third-order valence-electron chi connectivity index (χ3n) is 5.54. The van der Waals surface area contributed by atoms with E-state index in [1.807, 2.05) is 18.7 Å². The number of nitrogens with zero attached hydrogens (tertiary/aromatic N) is 4. The van der Waals surface area contributed by atoms with Gasteiger partial charge in [-0.3, -0.25) is 4.79 Å². The standard InChI is InChI=1S/C21H25FN4O2/c1-15(2)12-18(27)26-10-11-28-21(13-26)6-8-25(9-7-21)20-19-16(22)4-3-5-17(19)23-14-24-20/h3-5,12,14H,6-11,13H2,1-2H3. The smallest absolute Gasteiger partial charge is 0.246 e. The summed E-state index contributed by atoms with van der Waals surface area (Å²) in [7, 11) is 0. The lowest BCUT2D eigenvalue weighted by Crippen LogP contribution is -2.58. The molecule has 3 heterocycles. The Balaban J connectivity index is 1.51. The molecule has 0 radical (unpaired) electrons. The Kier molecular flexibility index (Phi) is 5.02. The minimum Gasteiger partial charge on any atom is -0.371 e. The second kappa shape index (κ2) is 7.47. The van der Waals surface area contributed by atoms with E-state index < -0.39 is 0 Å². The molecule has 0 saturated carbocycles. The first-order chi connectivity index (χ1) is 13.5. The first kappa shape index (κ1) is 18.8. The first-order valence-corrected chi connectivity index (χ1v) is 9.69. The Morgan fingerprint density at radius 1 is 1.21 bits per heavy atom. The van der Waals surface area contributed by atoms with Crippen LogP contribution in [0.25, 0.3) is 10.9 Å². The summed E-state index contributed by atoms with van der Waals surface area (Å²) < 4.78 is 20.6. The van der Waals surface area contributed by atoms with Crippen molar-refractivity contribution in [2.45, 2.75) is 32.3 Å². The van der Waals surface area contributed by atoms with Gasteiger partial charge in [-0.15, -0.1) is 0 Å². The van der Waals surface area contributed by atoms with E-state index in [0.29, 0.717) is 49.5 Å². The van der Waals surface area contributed by atoms with Crippen LogP contribution in [0.15, 0.2) is 36.2 Å². The van der Waals surface area contributed by atoms with Gasteiger partial charge in [-0.05, 0) is 38.8 Å². The number of carbonyl (C=O) groups excluding carboxylic acids is 1. The highest BCUT2D eigenvalue weighted by Gasteiger charge is 2.41. The van der Waals surface area contributed by atoms with Gasteiger partial charge in [-0.25, -0.2) is 14.4 Å². The van der Waals surface area contributed by atoms with Crippen LogP contribution in [0.5, 0.6) is 0 Å². The van der Waals surface area contributed by atoms with E-state index in [9.17, 15) is 9.18 Å². The van der Waals surface area contributed by atoms with Gasteiger partial charge < -0.3 is 14.5 Å². The van der Waals surface area contributed by atoms with Crippen LogP contribution < -0.4 is 4.90 Å². The molecule has 2 aliphatic rings. The average molecular weight is 384 g/mol. The summed E-state index contributed by atoms with van der Waals surface area (Å²) >= 11 is 0. The van der Waals surface area contributed by atoms with Crippen LogP contribution in [-0.4, -0.2) is 59.2 Å². The van der Waals surface area contributed by atoms with Gasteiger partial charge in [0.2, 0.25) is 5.91 Å². The number of benzene rings is 1. The molecular formula is C21H25FN4O2. The van der Waals surface area contributed by atoms with Crippen molar-refractivity contribution in [1.82, 2.24) is 14.9 Å². The van der Waals surface area contributed by atoms with Gasteiger partial charge in [0, 0.05) is 25.7 Å². The van der Waals surface area contributed by atoms with Crippen LogP contribution in [0.3, 0.4) is 0 Å². The molecule has 0 unspecified atom stereocenters. The maximum absolute atomic E-state index is 14.4. The van der Waals surface area contributed by atoms with Crippen LogP contribution in [0.4, 0.5) is 10.2 Å². The molecule has 2 aliphatic heterocycles. The lowest BCUT2D eigenvalue weighted by Gasteiger charge is -2.47. The fourth-order valence-electron chi connectivity index (χ4n) is 4.09. The largest absolute Gasteiger partial charge is 0.371 e. The predicted octanol–water partition coefficient (Wildman–Crippen LogP) is 2.93. The Bertz CT molecular complexity index is 913. The molecule has 0 aliphatic carbocycles. The Morgan fingerprint density at radius 3 is 2.75 bits per heavy atom. The van der Waals surface area contributed by atoms with E-state index in [0.717, 1.165) is 18.4 Å². The van der Waals surface area contributed by atoms with Gasteiger partial charge in [0.15, 0.2) is 0 Å². The maximum atomic E-state index is 14.4. The number of morpholine rings is 1. The van der Waals surface area contributed by atoms with E-state index in [2.05, 4.69) is 14.9 Å². The molecule has 6 nitrogen and oxygen atoms in total. The van der Waals surface area contributed by atoms with Gasteiger partial charge in [-0.1, -0.05) is 11.6 Å². The lowest BCUT2D eigenvalue weighted by molar-refractivity contribution is -0.149. The van der Waals surface area contributed by atoms with E-state index in [1.54, 1.807) is 18.2 Å². The van der Waals surface area contributed by atoms with Crippen molar-refractivity contribution < 1.29 is 13.9 Å². The topological polar surface area (TPSA) is 58.6 Å². The van der Waals surface area contributed by atoms with Crippen molar-refractivity contribution in [3.63, 3.8) is 0 Å². The Hall–Kier alpha value is -2.54. The van der Waals surface area contributed by atoms with Gasteiger partial charge in [0.05, 0.1) is 29.7 Å². The molecule has 1 amide bonds. The SMILES string of the molecule is CC(C)=CC(=O)N1CCOC2(CCN(c3ncnc4cccc(F)c34)CC2)C1. The molecule has 0 N–H and O–H groups in total. The molecule has 0 atom stereocenters. The van der Waals surface area contributed by atoms with Crippen LogP contribution in [0.2, 0.25) is 0 Å². The molecular weight excluding hydrogens is 359 g/mol. The van der Waals surface area contributed by atoms with Crippen molar-refractivity contribution in [3.05, 3.63) is 42.0 Å². The molecule has 2 aromatic rings. The van der Waals surface area contributed by atoms with Crippen LogP contribution in [0.1, 0.15) is 26.7 Å². The number of allylic oxidation sites excluding steroid dienone is 1. The number of hydrogen-bond donors (Lipinski definition) is 0. The fourth-order valence-corrected chi connectivity index (χ4v) is 4.09. The highest BCUT2D eigenvalue weighted by molar-refractivity contribution is 5.90. The molecule has 1 aromatic heterocycles. The summed E-state index contributed by atoms with van der Waals surface area (Å²) in [6.07, 6.45) is 4.71. The van der Waals surface area contributed by atoms with E-state index in [4.69, 9.17) is 4.74 Å². The van der Waals surface area contributed by atoms with Crippen molar-refractivity contribution in [3.8, 4) is 0 Å². The number of anilines is 1. The van der Waals surface area contributed by atoms with E-state index in [1.165, 1.54) is 12.4 Å². The molecule has 2 fully saturated rings. The molecule has 148 valence electrons. The minimum atomic E-state index is -0.332. The number of fused-ring (bicyclic) bond motifs is 1. The van der Waals surface area contributed by atoms with Gasteiger partial charge in [-0.2, -0.15) is 0 Å². The summed E-state index contributed by atoms with van der Waals surface area (Å²) in [5.74, 6) is 0.376. The molecule has 2 saturated heterocycles. The number of carbonyl (C=O) groups is 1. The number of ether oxygens (including phenoxy) is 1. The zero-order valence-electron chi connectivity index (χ0n) is 16.3. The number of amides is 1. The number of piperidine rings is 1. The lowest BCUT2D eigenvalue weighted by atomic mass is 9.89. The maximum Gasteiger partial charge on any atom is 0.246 e. The first-order valence-electron chi connectivity index (χ1n) is 9.69. The van der Waals surface area contributed by atoms with E-state index in [-0.39, 0.29) is 17.3 Å². The van der Waals surface area contributed by atoms with Crippen molar-refractivity contribution in [2.24, 2.45) is 0 Å². The van der Waals surface area contributed by atoms with Crippen LogP contribution >= 0.6 is 0 Å². The molecule has 0 bridgehead atoms. The van der Waals surface area contributed by atoms with Gasteiger partial charge in [0.1, 0.15) is 18.0 Å².